The normalized spacial score (nSPS) is 14.8. The van der Waals surface area contributed by atoms with Gasteiger partial charge in [0.1, 0.15) is 12.7 Å². The molecule has 11 nitrogen and oxygen atoms in total. The maximum absolute atomic E-state index is 12.3. The molecule has 316 valence electrons. The number of carbonyl (C=O) groups excluding carboxylic acids is 2. The number of phosphoric ester groups is 1. The quantitative estimate of drug-likeness (QED) is 0.0207. The first-order valence-electron chi connectivity index (χ1n) is 20.3. The summed E-state index contributed by atoms with van der Waals surface area (Å²) in [6.45, 7) is 2.27. The second-order valence-corrected chi connectivity index (χ2v) is 14.5. The van der Waals surface area contributed by atoms with Gasteiger partial charge >= 0.3 is 19.8 Å². The highest BCUT2D eigenvalue weighted by molar-refractivity contribution is 7.47. The number of aliphatic carboxylic acids is 1. The van der Waals surface area contributed by atoms with Crippen molar-refractivity contribution in [2.45, 2.75) is 142 Å². The topological polar surface area (TPSA) is 169 Å². The Labute approximate surface area is 336 Å². The average Bonchev–Trinajstić information content (AvgIpc) is 3.17. The number of rotatable bonds is 36. The monoisotopic (exact) mass is 803 g/mol. The minimum Gasteiger partial charge on any atom is -0.480 e. The maximum atomic E-state index is 12.3. The van der Waals surface area contributed by atoms with Crippen LogP contribution in [0.15, 0.2) is 97.2 Å². The minimum absolute atomic E-state index is 0.0980. The Morgan fingerprint density at radius 2 is 0.982 bits per heavy atom. The van der Waals surface area contributed by atoms with Crippen molar-refractivity contribution in [3.05, 3.63) is 97.2 Å². The van der Waals surface area contributed by atoms with E-state index < -0.39 is 57.6 Å². The van der Waals surface area contributed by atoms with Crippen molar-refractivity contribution in [2.75, 3.05) is 19.8 Å². The number of nitrogens with one attached hydrogen (secondary N) is 1. The summed E-state index contributed by atoms with van der Waals surface area (Å²) in [7, 11) is -4.78. The van der Waals surface area contributed by atoms with Crippen LogP contribution in [0.1, 0.15) is 129 Å². The number of phosphoric acid groups is 1. The molecule has 0 rings (SSSR count). The number of aliphatic hydroxyl groups is 1. The standard InChI is InChI=1S/C44H70NO10P/c1-3-5-7-9-11-13-15-17-18-19-20-21-22-24-25-27-29-31-33-35-42(47)45-41(44(49)50)39-55-56(51,52)54-38-40(46)37-53-43(48)36-34-32-30-28-26-23-16-14-12-10-8-6-4-2/h5-8,11-14,17-18,20-21,23-26,40-41,46H,3-4,9-10,15-16,19,22,27-39H2,1-2H3,(H,45,47)(H,49,50)(H,51,52)/b7-5-,8-6-,13-11-,14-12-,18-17-,21-20-,25-24-,26-23-. The zero-order valence-electron chi connectivity index (χ0n) is 33.9. The van der Waals surface area contributed by atoms with Gasteiger partial charge in [-0.3, -0.25) is 18.6 Å². The fourth-order valence-corrected chi connectivity index (χ4v) is 5.54. The lowest BCUT2D eigenvalue weighted by Crippen LogP contribution is -2.43. The summed E-state index contributed by atoms with van der Waals surface area (Å²) in [5.41, 5.74) is 0. The molecule has 4 N–H and O–H groups in total. The number of amides is 1. The van der Waals surface area contributed by atoms with Gasteiger partial charge in [-0.1, -0.05) is 124 Å². The van der Waals surface area contributed by atoms with Crippen molar-refractivity contribution in [3.63, 3.8) is 0 Å². The molecule has 0 bridgehead atoms. The van der Waals surface area contributed by atoms with Crippen LogP contribution in [0.3, 0.4) is 0 Å². The van der Waals surface area contributed by atoms with Crippen molar-refractivity contribution in [3.8, 4) is 0 Å². The molecule has 0 spiro atoms. The van der Waals surface area contributed by atoms with E-state index in [4.69, 9.17) is 13.8 Å². The molecule has 0 aliphatic rings. The van der Waals surface area contributed by atoms with Crippen LogP contribution < -0.4 is 5.32 Å². The highest BCUT2D eigenvalue weighted by Gasteiger charge is 2.28. The third kappa shape index (κ3) is 37.3. The van der Waals surface area contributed by atoms with E-state index in [0.29, 0.717) is 12.8 Å². The third-order valence-corrected chi connectivity index (χ3v) is 8.82. The summed E-state index contributed by atoms with van der Waals surface area (Å²) < 4.78 is 26.7. The highest BCUT2D eigenvalue weighted by Crippen LogP contribution is 2.43. The predicted molar refractivity (Wildman–Crippen MR) is 226 cm³/mol. The molecule has 0 fully saturated rings. The molecule has 56 heavy (non-hydrogen) atoms. The molecular formula is C44H70NO10P. The van der Waals surface area contributed by atoms with Crippen LogP contribution in [0.5, 0.6) is 0 Å². The summed E-state index contributed by atoms with van der Waals surface area (Å²) in [5, 5.41) is 21.8. The van der Waals surface area contributed by atoms with Crippen LogP contribution in [0.4, 0.5) is 0 Å². The van der Waals surface area contributed by atoms with Gasteiger partial charge in [-0.25, -0.2) is 9.36 Å². The van der Waals surface area contributed by atoms with Crippen LogP contribution in [0.2, 0.25) is 0 Å². The molecule has 0 heterocycles. The molecule has 0 saturated carbocycles. The van der Waals surface area contributed by atoms with Crippen molar-refractivity contribution in [1.29, 1.82) is 0 Å². The van der Waals surface area contributed by atoms with E-state index in [-0.39, 0.29) is 12.8 Å². The molecule has 0 saturated heterocycles. The number of carbonyl (C=O) groups is 3. The Balaban J connectivity index is 4.06. The van der Waals surface area contributed by atoms with Gasteiger partial charge in [0.05, 0.1) is 13.2 Å². The number of hydrogen-bond donors (Lipinski definition) is 4. The van der Waals surface area contributed by atoms with Gasteiger partial charge in [0.2, 0.25) is 5.91 Å². The Bertz CT molecular complexity index is 1310. The van der Waals surface area contributed by atoms with E-state index in [1.807, 2.05) is 0 Å². The molecule has 0 radical (unpaired) electrons. The first-order valence-corrected chi connectivity index (χ1v) is 21.8. The first kappa shape index (κ1) is 52.4. The minimum atomic E-state index is -4.78. The molecule has 12 heteroatoms. The van der Waals surface area contributed by atoms with Crippen LogP contribution in [0.25, 0.3) is 0 Å². The smallest absolute Gasteiger partial charge is 0.472 e. The Morgan fingerprint density at radius 3 is 1.43 bits per heavy atom. The number of unbranched alkanes of at least 4 members (excludes halogenated alkanes) is 6. The van der Waals surface area contributed by atoms with Crippen molar-refractivity contribution < 1.29 is 47.8 Å². The molecule has 0 aliphatic heterocycles. The lowest BCUT2D eigenvalue weighted by molar-refractivity contribution is -0.147. The highest BCUT2D eigenvalue weighted by atomic mass is 31.2. The lowest BCUT2D eigenvalue weighted by atomic mass is 10.1. The molecule has 3 atom stereocenters. The number of carboxylic acids is 1. The number of carboxylic acid groups (broad SMARTS) is 1. The summed E-state index contributed by atoms with van der Waals surface area (Å²) in [6, 6.07) is -1.57. The van der Waals surface area contributed by atoms with Crippen LogP contribution in [-0.2, 0) is 32.7 Å². The Morgan fingerprint density at radius 1 is 0.571 bits per heavy atom. The van der Waals surface area contributed by atoms with Gasteiger partial charge in [0.25, 0.3) is 0 Å². The Kier molecular flexibility index (Phi) is 35.8. The summed E-state index contributed by atoms with van der Waals surface area (Å²) in [4.78, 5) is 45.8. The first-order chi connectivity index (χ1) is 27.1. The van der Waals surface area contributed by atoms with E-state index in [2.05, 4.69) is 116 Å². The van der Waals surface area contributed by atoms with Crippen molar-refractivity contribution in [1.82, 2.24) is 5.32 Å². The molecule has 1 amide bonds. The second kappa shape index (κ2) is 38.3. The summed E-state index contributed by atoms with van der Waals surface area (Å²) in [5.74, 6) is -2.47. The van der Waals surface area contributed by atoms with Crippen LogP contribution in [0, 0.1) is 0 Å². The van der Waals surface area contributed by atoms with E-state index in [1.165, 1.54) is 0 Å². The van der Waals surface area contributed by atoms with E-state index >= 15 is 0 Å². The molecular weight excluding hydrogens is 733 g/mol. The second-order valence-electron chi connectivity index (χ2n) is 13.1. The maximum Gasteiger partial charge on any atom is 0.472 e. The van der Waals surface area contributed by atoms with Crippen LogP contribution >= 0.6 is 7.82 Å². The van der Waals surface area contributed by atoms with E-state index in [1.54, 1.807) is 0 Å². The van der Waals surface area contributed by atoms with Gasteiger partial charge in [0.15, 0.2) is 6.04 Å². The summed E-state index contributed by atoms with van der Waals surface area (Å²) in [6.07, 6.45) is 47.2. The third-order valence-electron chi connectivity index (χ3n) is 7.87. The van der Waals surface area contributed by atoms with Gasteiger partial charge in [-0.15, -0.1) is 0 Å². The van der Waals surface area contributed by atoms with Gasteiger partial charge in [-0.2, -0.15) is 0 Å². The molecule has 3 unspecified atom stereocenters. The van der Waals surface area contributed by atoms with Gasteiger partial charge in [-0.05, 0) is 89.9 Å². The van der Waals surface area contributed by atoms with Gasteiger partial charge < -0.3 is 25.2 Å². The molecule has 0 aliphatic carbocycles. The number of ether oxygens (including phenoxy) is 1. The molecule has 0 aromatic carbocycles. The largest absolute Gasteiger partial charge is 0.480 e. The van der Waals surface area contributed by atoms with Crippen molar-refractivity contribution in [2.24, 2.45) is 0 Å². The number of aliphatic hydroxyl groups excluding tert-OH is 1. The van der Waals surface area contributed by atoms with Gasteiger partial charge in [0, 0.05) is 12.8 Å². The fourth-order valence-electron chi connectivity index (χ4n) is 4.76. The molecule has 0 aromatic heterocycles. The SMILES string of the molecule is CC/C=C\C/C=C\C/C=C\C/C=C\C/C=C\CCCCCC(=O)NC(COP(=O)(O)OCC(O)COC(=O)CCCCC/C=C\C/C=C\C/C=C\CC)C(=O)O. The van der Waals surface area contributed by atoms with E-state index in [0.717, 1.165) is 89.9 Å². The average molecular weight is 804 g/mol. The number of allylic oxidation sites excluding steroid dienone is 16. The zero-order chi connectivity index (χ0) is 41.4. The summed E-state index contributed by atoms with van der Waals surface area (Å²) >= 11 is 0. The predicted octanol–water partition coefficient (Wildman–Crippen LogP) is 10.1. The van der Waals surface area contributed by atoms with Crippen LogP contribution in [-0.4, -0.2) is 64.9 Å². The van der Waals surface area contributed by atoms with E-state index in [9.17, 15) is 34.1 Å². The number of hydrogen-bond acceptors (Lipinski definition) is 8. The number of esters is 1. The van der Waals surface area contributed by atoms with Crippen molar-refractivity contribution >= 4 is 25.7 Å². The Hall–Kier alpha value is -3.60. The fraction of sp³-hybridized carbons (Fsp3) is 0.568. The zero-order valence-corrected chi connectivity index (χ0v) is 34.8. The molecule has 0 aromatic rings. The lowest BCUT2D eigenvalue weighted by Gasteiger charge is -2.18.